The molecule has 0 saturated carbocycles. The third-order valence-corrected chi connectivity index (χ3v) is 5.99. The lowest BCUT2D eigenvalue weighted by atomic mass is 9.84. The number of benzene rings is 1. The maximum Gasteiger partial charge on any atom is 0.233 e. The molecule has 25 heavy (non-hydrogen) atoms. The zero-order valence-electron chi connectivity index (χ0n) is 14.8. The van der Waals surface area contributed by atoms with E-state index in [9.17, 15) is 8.42 Å². The van der Waals surface area contributed by atoms with E-state index in [-0.39, 0.29) is 5.96 Å². The molecule has 1 saturated heterocycles. The molecule has 8 heteroatoms. The van der Waals surface area contributed by atoms with Gasteiger partial charge < -0.3 is 20.6 Å². The summed E-state index contributed by atoms with van der Waals surface area (Å²) in [7, 11) is -3.17. The number of rotatable bonds is 6. The van der Waals surface area contributed by atoms with Crippen molar-refractivity contribution in [3.63, 3.8) is 0 Å². The second kappa shape index (κ2) is 8.42. The summed E-state index contributed by atoms with van der Waals surface area (Å²) in [5, 5.41) is 11.8. The van der Waals surface area contributed by atoms with Crippen molar-refractivity contribution in [2.45, 2.75) is 31.1 Å². The fourth-order valence-electron chi connectivity index (χ4n) is 3.14. The van der Waals surface area contributed by atoms with Crippen LogP contribution in [-0.2, 0) is 9.84 Å². The molecule has 7 nitrogen and oxygen atoms in total. The molecule has 0 aromatic heterocycles. The average molecular weight is 369 g/mol. The average Bonchev–Trinajstić information content (AvgIpc) is 2.60. The Labute approximate surface area is 149 Å². The van der Waals surface area contributed by atoms with E-state index in [2.05, 4.69) is 12.1 Å². The van der Waals surface area contributed by atoms with Crippen LogP contribution in [0.5, 0.6) is 5.75 Å². The van der Waals surface area contributed by atoms with E-state index in [1.165, 1.54) is 6.26 Å². The van der Waals surface area contributed by atoms with E-state index in [0.717, 1.165) is 32.4 Å². The maximum absolute atomic E-state index is 11.4. The van der Waals surface area contributed by atoms with Crippen molar-refractivity contribution in [2.24, 2.45) is 22.7 Å². The van der Waals surface area contributed by atoms with Gasteiger partial charge in [-0.05, 0) is 55.4 Å². The number of guanidine groups is 1. The highest BCUT2D eigenvalue weighted by Gasteiger charge is 2.24. The molecule has 1 aliphatic rings. The van der Waals surface area contributed by atoms with Crippen molar-refractivity contribution in [3.05, 3.63) is 24.3 Å². The zero-order chi connectivity index (χ0) is 18.4. The molecule has 2 rings (SSSR count). The van der Waals surface area contributed by atoms with Crippen LogP contribution in [0.1, 0.15) is 26.2 Å². The molecule has 0 bridgehead atoms. The third-order valence-electron chi connectivity index (χ3n) is 4.86. The second-order valence-electron chi connectivity index (χ2n) is 6.64. The first-order valence-corrected chi connectivity index (χ1v) is 10.4. The van der Waals surface area contributed by atoms with Gasteiger partial charge in [-0.1, -0.05) is 12.1 Å². The summed E-state index contributed by atoms with van der Waals surface area (Å²) in [6.07, 6.45) is 4.15. The van der Waals surface area contributed by atoms with E-state index in [1.807, 2.05) is 4.90 Å². The van der Waals surface area contributed by atoms with Gasteiger partial charge in [0.15, 0.2) is 9.84 Å². The second-order valence-corrected chi connectivity index (χ2v) is 8.66. The van der Waals surface area contributed by atoms with Gasteiger partial charge in [0.1, 0.15) is 5.75 Å². The van der Waals surface area contributed by atoms with Gasteiger partial charge in [-0.3, -0.25) is 0 Å². The number of sulfone groups is 1. The Hall–Kier alpha value is -1.96. The number of likely N-dealkylation sites (tertiary alicyclic amines) is 1. The van der Waals surface area contributed by atoms with Crippen molar-refractivity contribution in [1.82, 2.24) is 4.90 Å². The van der Waals surface area contributed by atoms with Crippen LogP contribution >= 0.6 is 0 Å². The minimum Gasteiger partial charge on any atom is -0.494 e. The predicted octanol–water partition coefficient (Wildman–Crippen LogP) is 1.91. The van der Waals surface area contributed by atoms with E-state index in [4.69, 9.17) is 15.7 Å². The van der Waals surface area contributed by atoms with Gasteiger partial charge in [-0.2, -0.15) is 0 Å². The van der Waals surface area contributed by atoms with Crippen molar-refractivity contribution >= 4 is 15.8 Å². The Morgan fingerprint density at radius 2 is 1.96 bits per heavy atom. The molecule has 1 atom stereocenters. The lowest BCUT2D eigenvalue weighted by Crippen LogP contribution is -2.43. The molecule has 1 aromatic carbocycles. The molecule has 1 aliphatic heterocycles. The quantitative estimate of drug-likeness (QED) is 0.343. The molecule has 1 fully saturated rings. The van der Waals surface area contributed by atoms with E-state index in [0.29, 0.717) is 29.1 Å². The van der Waals surface area contributed by atoms with Crippen LogP contribution in [0.15, 0.2) is 34.3 Å². The summed E-state index contributed by atoms with van der Waals surface area (Å²) in [6.45, 7) is 4.43. The fraction of sp³-hybridized carbons (Fsp3) is 0.588. The van der Waals surface area contributed by atoms with Gasteiger partial charge in [-0.25, -0.2) is 8.42 Å². The first-order chi connectivity index (χ1) is 11.8. The standard InChI is InChI=1S/C17H27N3O4S/c1-13(14-7-10-20(11-8-14)17(18)19-21)9-12-24-15-3-5-16(6-4-15)25(2,22)23/h3-6,13-14,21H,7-12H2,1-2H3,(H2,18,19)/t13-/m1/s1. The number of nitrogens with two attached hydrogens (primary N) is 1. The Morgan fingerprint density at radius 1 is 1.36 bits per heavy atom. The van der Waals surface area contributed by atoms with Gasteiger partial charge in [-0.15, -0.1) is 0 Å². The largest absolute Gasteiger partial charge is 0.494 e. The number of hydrogen-bond acceptors (Lipinski definition) is 5. The van der Waals surface area contributed by atoms with Gasteiger partial charge in [0.05, 0.1) is 11.5 Å². The van der Waals surface area contributed by atoms with Gasteiger partial charge in [0.25, 0.3) is 0 Å². The van der Waals surface area contributed by atoms with Crippen LogP contribution in [0.25, 0.3) is 0 Å². The summed E-state index contributed by atoms with van der Waals surface area (Å²) in [4.78, 5) is 2.19. The Morgan fingerprint density at radius 3 is 2.48 bits per heavy atom. The molecule has 0 spiro atoms. The van der Waals surface area contributed by atoms with Crippen LogP contribution in [-0.4, -0.2) is 50.4 Å². The lowest BCUT2D eigenvalue weighted by Gasteiger charge is -2.35. The number of oxime groups is 1. The van der Waals surface area contributed by atoms with Crippen molar-refractivity contribution in [2.75, 3.05) is 26.0 Å². The van der Waals surface area contributed by atoms with Crippen LogP contribution < -0.4 is 10.5 Å². The molecule has 3 N–H and O–H groups in total. The molecule has 1 aromatic rings. The van der Waals surface area contributed by atoms with Gasteiger partial charge in [0.2, 0.25) is 5.96 Å². The summed E-state index contributed by atoms with van der Waals surface area (Å²) in [6, 6.07) is 6.51. The highest BCUT2D eigenvalue weighted by atomic mass is 32.2. The topological polar surface area (TPSA) is 105 Å². The van der Waals surface area contributed by atoms with Crippen LogP contribution in [0.3, 0.4) is 0 Å². The first-order valence-electron chi connectivity index (χ1n) is 8.46. The van der Waals surface area contributed by atoms with Crippen LogP contribution in [0.4, 0.5) is 0 Å². The van der Waals surface area contributed by atoms with Crippen molar-refractivity contribution in [3.8, 4) is 5.75 Å². The third kappa shape index (κ3) is 5.52. The summed E-state index contributed by atoms with van der Waals surface area (Å²) in [5.41, 5.74) is 5.62. The first kappa shape index (κ1) is 19.4. The molecular formula is C17H27N3O4S. The highest BCUT2D eigenvalue weighted by Crippen LogP contribution is 2.27. The van der Waals surface area contributed by atoms with Crippen LogP contribution in [0.2, 0.25) is 0 Å². The fourth-order valence-corrected chi connectivity index (χ4v) is 3.77. The molecule has 0 radical (unpaired) electrons. The van der Waals surface area contributed by atoms with Crippen molar-refractivity contribution in [1.29, 1.82) is 0 Å². The highest BCUT2D eigenvalue weighted by molar-refractivity contribution is 7.90. The Bertz CT molecular complexity index is 680. The molecule has 0 amide bonds. The van der Waals surface area contributed by atoms with E-state index < -0.39 is 9.84 Å². The number of hydrogen-bond donors (Lipinski definition) is 2. The van der Waals surface area contributed by atoms with Crippen LogP contribution in [0, 0.1) is 11.8 Å². The predicted molar refractivity (Wildman–Crippen MR) is 96.5 cm³/mol. The SMILES string of the molecule is C[C@H](CCOc1ccc(S(C)(=O)=O)cc1)C1CCN(/C(N)=N/O)CC1. The molecule has 1 heterocycles. The molecular weight excluding hydrogens is 342 g/mol. The van der Waals surface area contributed by atoms with E-state index in [1.54, 1.807) is 24.3 Å². The minimum absolute atomic E-state index is 0.187. The lowest BCUT2D eigenvalue weighted by molar-refractivity contribution is 0.176. The van der Waals surface area contributed by atoms with E-state index >= 15 is 0 Å². The molecule has 0 unspecified atom stereocenters. The normalized spacial score (nSPS) is 18.2. The number of piperidine rings is 1. The molecule has 140 valence electrons. The van der Waals surface area contributed by atoms with Gasteiger partial charge >= 0.3 is 0 Å². The smallest absolute Gasteiger partial charge is 0.233 e. The zero-order valence-corrected chi connectivity index (χ0v) is 15.6. The van der Waals surface area contributed by atoms with Crippen molar-refractivity contribution < 1.29 is 18.4 Å². The Kier molecular flexibility index (Phi) is 6.52. The summed E-state index contributed by atoms with van der Waals surface area (Å²) >= 11 is 0. The summed E-state index contributed by atoms with van der Waals surface area (Å²) in [5.74, 6) is 1.98. The number of nitrogens with zero attached hydrogens (tertiary/aromatic N) is 2. The number of ether oxygens (including phenoxy) is 1. The van der Waals surface area contributed by atoms with Gasteiger partial charge in [0, 0.05) is 19.3 Å². The maximum atomic E-state index is 11.4. The monoisotopic (exact) mass is 369 g/mol. The molecule has 0 aliphatic carbocycles. The Balaban J connectivity index is 1.75. The minimum atomic E-state index is -3.17. The summed E-state index contributed by atoms with van der Waals surface area (Å²) < 4.78 is 28.6.